The highest BCUT2D eigenvalue weighted by molar-refractivity contribution is 5.77. The average Bonchev–Trinajstić information content (AvgIpc) is 1.68. The second kappa shape index (κ2) is 36.6. The van der Waals surface area contributed by atoms with Gasteiger partial charge in [0.1, 0.15) is 25.3 Å². The van der Waals surface area contributed by atoms with E-state index in [-0.39, 0.29) is 22.3 Å². The van der Waals surface area contributed by atoms with Crippen LogP contribution in [0.3, 0.4) is 0 Å². The highest BCUT2D eigenvalue weighted by atomic mass is 15.4. The molecule has 20 heterocycles. The van der Waals surface area contributed by atoms with Crippen LogP contribution in [0.4, 0.5) is 69.8 Å². The summed E-state index contributed by atoms with van der Waals surface area (Å²) in [7, 11) is 2.13. The number of fused-ring (bicyclic) bond motifs is 4. The van der Waals surface area contributed by atoms with Gasteiger partial charge in [-0.3, -0.25) is 30.2 Å². The molecular weight excluding hydrogens is 1520 g/mol. The van der Waals surface area contributed by atoms with E-state index in [0.717, 1.165) is 189 Å². The zero-order chi connectivity index (χ0) is 78.1. The molecule has 16 aromatic rings. The summed E-state index contributed by atoms with van der Waals surface area (Å²) in [5.41, 5.74) is 12.2. The molecule has 614 valence electrons. The van der Waals surface area contributed by atoms with Crippen molar-refractivity contribution >= 4 is 92.4 Å². The van der Waals surface area contributed by atoms with Gasteiger partial charge in [-0.25, -0.2) is 97.8 Å². The Morgan fingerprint density at radius 2 is 0.613 bits per heavy atom. The van der Waals surface area contributed by atoms with Crippen LogP contribution >= 0.6 is 0 Å². The first kappa shape index (κ1) is 79.9. The Kier molecular flexibility index (Phi) is 24.6. The molecule has 1 aliphatic carbocycles. The lowest BCUT2D eigenvalue weighted by molar-refractivity contribution is 0.208. The number of nitrogens with zero attached hydrogens (tertiary/aromatic N) is 35. The highest BCUT2D eigenvalue weighted by Gasteiger charge is 2.28. The van der Waals surface area contributed by atoms with Crippen molar-refractivity contribution in [3.63, 3.8) is 0 Å². The maximum Gasteiger partial charge on any atom is 0.225 e. The van der Waals surface area contributed by atoms with E-state index in [0.29, 0.717) is 51.9 Å². The third-order valence-electron chi connectivity index (χ3n) is 20.6. The van der Waals surface area contributed by atoms with Crippen molar-refractivity contribution in [3.8, 4) is 45.0 Å². The van der Waals surface area contributed by atoms with Crippen LogP contribution in [0.5, 0.6) is 0 Å². The van der Waals surface area contributed by atoms with Gasteiger partial charge in [0.15, 0.2) is 45.9 Å². The largest absolute Gasteiger partial charge is 0.341 e. The zero-order valence-corrected chi connectivity index (χ0v) is 63.8. The zero-order valence-electron chi connectivity index (χ0n) is 63.8. The van der Waals surface area contributed by atoms with Gasteiger partial charge >= 0.3 is 0 Å². The maximum atomic E-state index is 4.57. The summed E-state index contributed by atoms with van der Waals surface area (Å²) in [6.07, 6.45) is 47.7. The van der Waals surface area contributed by atoms with Crippen LogP contribution in [0.25, 0.3) is 67.6 Å². The lowest BCUT2D eigenvalue weighted by atomic mass is 10.1. The molecule has 5 fully saturated rings. The van der Waals surface area contributed by atoms with Crippen LogP contribution in [-0.2, 0) is 0 Å². The van der Waals surface area contributed by atoms with Gasteiger partial charge in [-0.15, -0.1) is 0 Å². The Bertz CT molecular complexity index is 5790. The van der Waals surface area contributed by atoms with Crippen molar-refractivity contribution < 1.29 is 0 Å². The first-order chi connectivity index (χ1) is 57.2. The third-order valence-corrected chi connectivity index (χ3v) is 20.6. The number of likely N-dealkylation sites (N-methyl/N-ethyl adjacent to an activating group) is 1. The summed E-state index contributed by atoms with van der Waals surface area (Å²) in [5, 5.41) is 57.3. The molecule has 16 aromatic heterocycles. The first-order valence-electron chi connectivity index (χ1n) is 38.4. The van der Waals surface area contributed by atoms with Crippen LogP contribution < -0.4 is 40.9 Å². The van der Waals surface area contributed by atoms with Crippen molar-refractivity contribution in [2.45, 2.75) is 74.3 Å². The number of anilines is 12. The number of piperidine rings is 1. The molecule has 1 saturated carbocycles. The van der Waals surface area contributed by atoms with Crippen molar-refractivity contribution in [2.24, 2.45) is 5.92 Å². The van der Waals surface area contributed by atoms with Crippen LogP contribution in [0.15, 0.2) is 149 Å². The van der Waals surface area contributed by atoms with E-state index in [9.17, 15) is 0 Å². The van der Waals surface area contributed by atoms with Crippen molar-refractivity contribution in [1.29, 1.82) is 0 Å². The predicted molar refractivity (Wildman–Crippen MR) is 451 cm³/mol. The Labute approximate surface area is 683 Å². The summed E-state index contributed by atoms with van der Waals surface area (Å²) < 4.78 is 6.91. The second-order valence-electron chi connectivity index (χ2n) is 28.7. The van der Waals surface area contributed by atoms with E-state index in [1.54, 1.807) is 142 Å². The SMILES string of the molecule is C.C.C.CC(C)N1CCN(c2ncc(Nc3ncc(-c4cn[nH]c4)n4ncnc34)cn2)CC1.CN1CCN(c2ncc(Nc3ncc(-c4cn[nH]c4)n4ncnc34)cn2)CC1.c1nc2c(Nc3cnc(N4CCCCC4)nc3)ncc(-c3cn[nH]c3)n2n1.c1nc2c(Nc3cnc(N4CCN(CC5CC5)CC4)nc3)ncc(-c3cn[nH]c3)n2n1. The van der Waals surface area contributed by atoms with Crippen LogP contribution in [0.2, 0.25) is 0 Å². The quantitative estimate of drug-likeness (QED) is 0.0381. The number of rotatable bonds is 19. The molecule has 0 bridgehead atoms. The highest BCUT2D eigenvalue weighted by Crippen LogP contribution is 2.32. The maximum absolute atomic E-state index is 4.57. The van der Waals surface area contributed by atoms with E-state index in [1.165, 1.54) is 64.0 Å². The van der Waals surface area contributed by atoms with E-state index < -0.39 is 0 Å². The normalized spacial score (nSPS) is 15.3. The molecule has 4 saturated heterocycles. The van der Waals surface area contributed by atoms with E-state index >= 15 is 0 Å². The van der Waals surface area contributed by atoms with Crippen molar-refractivity contribution in [2.75, 3.05) is 146 Å². The summed E-state index contributed by atoms with van der Waals surface area (Å²) in [4.78, 5) is 87.8. The lowest BCUT2D eigenvalue weighted by Gasteiger charge is -2.36. The minimum atomic E-state index is 0. The Morgan fingerprint density at radius 1 is 0.328 bits per heavy atom. The first-order valence-corrected chi connectivity index (χ1v) is 38.4. The van der Waals surface area contributed by atoms with Gasteiger partial charge in [-0.05, 0) is 58.9 Å². The minimum Gasteiger partial charge on any atom is -0.341 e. The topological polar surface area (TPSA) is 461 Å². The monoisotopic (exact) mass is 1610 g/mol. The van der Waals surface area contributed by atoms with Gasteiger partial charge in [-0.1, -0.05) is 22.3 Å². The second-order valence-corrected chi connectivity index (χ2v) is 28.7. The number of piperazine rings is 3. The van der Waals surface area contributed by atoms with Crippen LogP contribution in [0.1, 0.15) is 68.2 Å². The summed E-state index contributed by atoms with van der Waals surface area (Å²) >= 11 is 0. The van der Waals surface area contributed by atoms with Crippen molar-refractivity contribution in [1.82, 2.24) is 174 Å². The number of hydrogen-bond donors (Lipinski definition) is 8. The predicted octanol–water partition coefficient (Wildman–Crippen LogP) is 7.90. The summed E-state index contributed by atoms with van der Waals surface area (Å²) in [6, 6.07) is 0.570. The molecule has 0 aromatic carbocycles. The molecule has 119 heavy (non-hydrogen) atoms. The molecule has 8 N–H and O–H groups in total. The van der Waals surface area contributed by atoms with Crippen molar-refractivity contribution in [3.05, 3.63) is 149 Å². The molecule has 43 heteroatoms. The van der Waals surface area contributed by atoms with E-state index in [2.05, 4.69) is 217 Å². The Hall–Kier alpha value is -14.4. The molecule has 5 aliphatic rings. The number of hydrogen-bond acceptors (Lipinski definition) is 35. The lowest BCUT2D eigenvalue weighted by Crippen LogP contribution is -2.49. The third kappa shape index (κ3) is 18.2. The van der Waals surface area contributed by atoms with Crippen LogP contribution in [-0.4, -0.2) is 285 Å². The standard InChI is InChI=1S/C20H23N11.C19H23N11.C17H19N11.C17H18N10.3CH4/c1-2-14(1)12-29-3-5-30(6-4-29)20-22-9-16(10-23-20)28-18-19-24-13-27-31(19)17(11-21-18)15-7-25-26-8-15;1-13(2)28-3-5-29(6-4-28)19-21-9-15(10-22-19)27-17-18-23-12-26-30(18)16(11-20-17)14-7-24-25-8-14;1-26-2-4-27(5-3-26)17-19-8-13(9-20-17)25-15-16-21-11-24-28(16)14(10-18-15)12-6-22-23-7-12;1-2-4-26(5-3-1)17-19-8-13(9-20-17)25-15-16-21-11-24-27(16)14(10-18-15)12-6-22-23-7-12;;;/h7-11,13-14H,1-6,12H2,(H,21,28)(H,25,26);7-13H,3-6H2,1-2H3,(H,20,27)(H,24,25);6-11H,2-5H2,1H3,(H,18,25)(H,22,23);6-11H,1-5H2,(H,18,25)(H,22,23);3*1H4. The van der Waals surface area contributed by atoms with Gasteiger partial charge in [0, 0.05) is 151 Å². The van der Waals surface area contributed by atoms with Gasteiger partial charge in [0.25, 0.3) is 0 Å². The molecule has 43 nitrogen and oxygen atoms in total. The van der Waals surface area contributed by atoms with E-state index in [1.807, 2.05) is 0 Å². The number of aromatic nitrogens is 32. The van der Waals surface area contributed by atoms with Gasteiger partial charge in [0.05, 0.1) is 145 Å². The molecule has 21 rings (SSSR count). The molecule has 0 spiro atoms. The van der Waals surface area contributed by atoms with E-state index in [4.69, 9.17) is 0 Å². The minimum absolute atomic E-state index is 0. The van der Waals surface area contributed by atoms with Gasteiger partial charge in [-0.2, -0.15) is 40.8 Å². The molecule has 0 atom stereocenters. The Balaban J connectivity index is 0.000000123. The number of H-pyrrole nitrogens is 4. The molecule has 0 radical (unpaired) electrons. The smallest absolute Gasteiger partial charge is 0.225 e. The average molecular weight is 1610 g/mol. The fourth-order valence-electron chi connectivity index (χ4n) is 14.1. The number of aromatic amines is 4. The Morgan fingerprint density at radius 3 is 0.891 bits per heavy atom. The van der Waals surface area contributed by atoms with Crippen LogP contribution in [0, 0.1) is 5.92 Å². The van der Waals surface area contributed by atoms with Gasteiger partial charge < -0.3 is 45.8 Å². The number of nitrogens with one attached hydrogen (secondary N) is 8. The molecule has 0 amide bonds. The molecule has 0 unspecified atom stereocenters. The fraction of sp³-hybridized carbons (Fsp3) is 0.368. The summed E-state index contributed by atoms with van der Waals surface area (Å²) in [5.74, 6) is 6.33. The fourth-order valence-corrected chi connectivity index (χ4v) is 14.1. The van der Waals surface area contributed by atoms with Gasteiger partial charge in [0.2, 0.25) is 23.8 Å². The molecule has 4 aliphatic heterocycles. The molecular formula is C76H95N43. The summed E-state index contributed by atoms with van der Waals surface area (Å²) in [6.45, 7) is 19.7.